The van der Waals surface area contributed by atoms with Gasteiger partial charge in [0.25, 0.3) is 0 Å². The molecule has 0 radical (unpaired) electrons. The summed E-state index contributed by atoms with van der Waals surface area (Å²) in [6.45, 7) is 3.74. The average molecular weight is 227 g/mol. The maximum atomic E-state index is 3.74. The van der Waals surface area contributed by atoms with Crippen molar-refractivity contribution in [3.05, 3.63) is 11.4 Å². The van der Waals surface area contributed by atoms with Gasteiger partial charge in [0.15, 0.2) is 0 Å². The van der Waals surface area contributed by atoms with Crippen LogP contribution in [0.2, 0.25) is 17.1 Å². The maximum absolute atomic E-state index is 3.74. The van der Waals surface area contributed by atoms with Gasteiger partial charge in [0.05, 0.1) is 0 Å². The minimum atomic E-state index is -1.96. The Labute approximate surface area is 53.2 Å². The first kappa shape index (κ1) is 7.78. The number of hydrogen-bond acceptors (Lipinski definition) is 0. The molecule has 0 aromatic heterocycles. The number of halogens is 1. The predicted octanol–water partition coefficient (Wildman–Crippen LogP) is 2.90. The molecule has 0 heterocycles. The van der Waals surface area contributed by atoms with Crippen molar-refractivity contribution in [2.45, 2.75) is 17.1 Å². The number of rotatable bonds is 1. The summed E-state index contributed by atoms with van der Waals surface area (Å²) in [6.07, 6.45) is 0. The Morgan fingerprint density at radius 1 is 1.43 bits per heavy atom. The first-order valence-corrected chi connectivity index (χ1v) is 13.3. The molecule has 0 fully saturated rings. The summed E-state index contributed by atoms with van der Waals surface area (Å²) in [5, 5.41) is 0. The van der Waals surface area contributed by atoms with E-state index in [1.807, 2.05) is 0 Å². The van der Waals surface area contributed by atoms with E-state index in [4.69, 9.17) is 0 Å². The van der Waals surface area contributed by atoms with Gasteiger partial charge in [-0.3, -0.25) is 0 Å². The van der Waals surface area contributed by atoms with Crippen LogP contribution in [0.1, 0.15) is 0 Å². The molecule has 0 amide bonds. The van der Waals surface area contributed by atoms with Crippen LogP contribution in [0.5, 0.6) is 0 Å². The second-order valence-corrected chi connectivity index (χ2v) is 28.3. The summed E-state index contributed by atoms with van der Waals surface area (Å²) in [5.41, 5.74) is 6.72. The Morgan fingerprint density at radius 3 is 1.57 bits per heavy atom. The summed E-state index contributed by atoms with van der Waals surface area (Å²) < 4.78 is 0. The molecule has 0 aliphatic carbocycles. The van der Waals surface area contributed by atoms with Crippen molar-refractivity contribution in [1.29, 1.82) is 0 Å². The van der Waals surface area contributed by atoms with Gasteiger partial charge in [-0.15, -0.1) is 0 Å². The second-order valence-electron chi connectivity index (χ2n) is 2.90. The summed E-state index contributed by atoms with van der Waals surface area (Å²) in [5.74, 6) is 0. The third kappa shape index (κ3) is 6.78. The van der Waals surface area contributed by atoms with Crippen molar-refractivity contribution in [3.8, 4) is 0 Å². The van der Waals surface area contributed by atoms with E-state index in [1.54, 1.807) is 0 Å². The molecule has 0 atom stereocenters. The van der Waals surface area contributed by atoms with Crippen LogP contribution >= 0.6 is 13.9 Å². The van der Waals surface area contributed by atoms with E-state index in [0.29, 0.717) is 0 Å². The number of hydrogen-bond donors (Lipinski definition) is 0. The van der Waals surface area contributed by atoms with E-state index in [0.717, 1.165) is 0 Å². The Hall–Kier alpha value is 0.778. The standard InChI is InChI=1S/C5H12AsBr/c1-5-6(2,3,4)7/h5H,1H2,2-4H3. The van der Waals surface area contributed by atoms with Crippen LogP contribution in [-0.4, -0.2) is 10.6 Å². The fraction of sp³-hybridized carbons (Fsp3) is 0.600. The van der Waals surface area contributed by atoms with E-state index in [-0.39, 0.29) is 0 Å². The molecule has 7 heavy (non-hydrogen) atoms. The first-order chi connectivity index (χ1) is 2.81. The topological polar surface area (TPSA) is 0 Å². The average Bonchev–Trinajstić information content (AvgIpc) is 1.32. The molecular formula is C5H12AsBr. The van der Waals surface area contributed by atoms with Crippen LogP contribution in [-0.2, 0) is 0 Å². The van der Waals surface area contributed by atoms with Crippen molar-refractivity contribution in [2.24, 2.45) is 0 Å². The van der Waals surface area contributed by atoms with Gasteiger partial charge in [0, 0.05) is 0 Å². The Balaban J connectivity index is 4.10. The van der Waals surface area contributed by atoms with Crippen LogP contribution in [0.25, 0.3) is 0 Å². The zero-order valence-corrected chi connectivity index (χ0v) is 8.57. The molecule has 44 valence electrons. The van der Waals surface area contributed by atoms with Crippen molar-refractivity contribution in [2.75, 3.05) is 0 Å². The molecule has 0 unspecified atom stereocenters. The molecular weight excluding hydrogens is 215 g/mol. The second kappa shape index (κ2) is 1.63. The SMILES string of the molecule is C=C[As](C)(C)(C)Br. The first-order valence-electron chi connectivity index (χ1n) is 2.18. The van der Waals surface area contributed by atoms with Gasteiger partial charge in [0.1, 0.15) is 0 Å². The molecule has 0 bridgehead atoms. The Morgan fingerprint density at radius 2 is 1.57 bits per heavy atom. The monoisotopic (exact) mass is 226 g/mol. The van der Waals surface area contributed by atoms with Crippen molar-refractivity contribution in [3.63, 3.8) is 0 Å². The van der Waals surface area contributed by atoms with Crippen LogP contribution < -0.4 is 0 Å². The third-order valence-electron chi connectivity index (χ3n) is 0.617. The fourth-order valence-corrected chi connectivity index (χ4v) is 0. The van der Waals surface area contributed by atoms with E-state index in [2.05, 4.69) is 42.5 Å². The summed E-state index contributed by atoms with van der Waals surface area (Å²) in [4.78, 5) is 2.05. The molecule has 0 rings (SSSR count). The molecule has 0 saturated carbocycles. The van der Waals surface area contributed by atoms with Gasteiger partial charge in [-0.2, -0.15) is 0 Å². The van der Waals surface area contributed by atoms with Crippen LogP contribution in [0.15, 0.2) is 11.4 Å². The zero-order chi connectivity index (χ0) is 6.15. The van der Waals surface area contributed by atoms with Crippen LogP contribution in [0.4, 0.5) is 0 Å². The van der Waals surface area contributed by atoms with Crippen LogP contribution in [0, 0.1) is 0 Å². The predicted molar refractivity (Wildman–Crippen MR) is 42.5 cm³/mol. The normalized spacial score (nSPS) is 17.4. The third-order valence-corrected chi connectivity index (χ3v) is 4.71. The van der Waals surface area contributed by atoms with Gasteiger partial charge in [-0.1, -0.05) is 0 Å². The molecule has 0 spiro atoms. The van der Waals surface area contributed by atoms with E-state index in [1.165, 1.54) is 0 Å². The summed E-state index contributed by atoms with van der Waals surface area (Å²) in [6, 6.07) is 0. The molecule has 0 saturated heterocycles. The molecule has 0 aliphatic rings. The summed E-state index contributed by atoms with van der Waals surface area (Å²) in [7, 11) is -1.96. The quantitative estimate of drug-likeness (QED) is 0.604. The molecule has 0 nitrogen and oxygen atoms in total. The fourth-order valence-electron chi connectivity index (χ4n) is 0. The molecule has 0 aromatic rings. The van der Waals surface area contributed by atoms with E-state index in [9.17, 15) is 0 Å². The minimum absolute atomic E-state index is 1.96. The zero-order valence-electron chi connectivity index (χ0n) is 5.11. The Bertz CT molecular complexity index is 78.7. The van der Waals surface area contributed by atoms with Crippen molar-refractivity contribution < 1.29 is 0 Å². The van der Waals surface area contributed by atoms with E-state index < -0.39 is 10.6 Å². The van der Waals surface area contributed by atoms with E-state index >= 15 is 0 Å². The molecule has 0 N–H and O–H groups in total. The van der Waals surface area contributed by atoms with Gasteiger partial charge < -0.3 is 0 Å². The van der Waals surface area contributed by atoms with Crippen LogP contribution in [0.3, 0.4) is 0 Å². The van der Waals surface area contributed by atoms with Gasteiger partial charge in [-0.05, 0) is 0 Å². The van der Waals surface area contributed by atoms with Gasteiger partial charge in [0.2, 0.25) is 0 Å². The Kier molecular flexibility index (Phi) is 1.81. The van der Waals surface area contributed by atoms with Crippen molar-refractivity contribution >= 4 is 24.5 Å². The van der Waals surface area contributed by atoms with Gasteiger partial charge >= 0.3 is 53.1 Å². The van der Waals surface area contributed by atoms with Gasteiger partial charge in [-0.25, -0.2) is 0 Å². The molecule has 0 aliphatic heterocycles. The molecule has 0 aromatic carbocycles. The summed E-state index contributed by atoms with van der Waals surface area (Å²) >= 11 is 3.64. The molecule has 2 heteroatoms. The van der Waals surface area contributed by atoms with Crippen molar-refractivity contribution in [1.82, 2.24) is 0 Å².